The lowest BCUT2D eigenvalue weighted by Crippen LogP contribution is -2.36. The highest BCUT2D eigenvalue weighted by Gasteiger charge is 2.33. The van der Waals surface area contributed by atoms with Crippen molar-refractivity contribution in [2.75, 3.05) is 26.0 Å². The molecule has 1 aromatic rings. The molecule has 0 radical (unpaired) electrons. The largest absolute Gasteiger partial charge is 0.399 e. The van der Waals surface area contributed by atoms with Gasteiger partial charge in [0, 0.05) is 29.9 Å². The third kappa shape index (κ3) is 3.03. The van der Waals surface area contributed by atoms with Crippen LogP contribution in [-0.4, -0.2) is 37.1 Å². The van der Waals surface area contributed by atoms with E-state index >= 15 is 0 Å². The zero-order valence-corrected chi connectivity index (χ0v) is 11.9. The molecule has 5 heteroatoms. The topological polar surface area (TPSA) is 55.6 Å². The Labute approximate surface area is 115 Å². The fourth-order valence-electron chi connectivity index (χ4n) is 1.89. The van der Waals surface area contributed by atoms with Crippen LogP contribution in [0, 0.1) is 0 Å². The number of hydrogen-bond acceptors (Lipinski definition) is 3. The Bertz CT molecular complexity index is 447. The third-order valence-electron chi connectivity index (χ3n) is 3.01. The first-order valence-corrected chi connectivity index (χ1v) is 6.77. The fraction of sp³-hybridized carbons (Fsp3) is 0.462. The van der Waals surface area contributed by atoms with Crippen molar-refractivity contribution >= 4 is 27.5 Å². The summed E-state index contributed by atoms with van der Waals surface area (Å²) in [6.45, 7) is 1.18. The summed E-state index contributed by atoms with van der Waals surface area (Å²) in [7, 11) is 1.64. The van der Waals surface area contributed by atoms with E-state index in [9.17, 15) is 4.79 Å². The molecule has 2 N–H and O–H groups in total. The van der Waals surface area contributed by atoms with Crippen LogP contribution in [0.5, 0.6) is 0 Å². The number of halogens is 1. The highest BCUT2D eigenvalue weighted by atomic mass is 79.9. The maximum atomic E-state index is 12.5. The Hall–Kier alpha value is -1.07. The molecule has 1 saturated carbocycles. The summed E-state index contributed by atoms with van der Waals surface area (Å²) in [6.07, 6.45) is 2.16. The molecule has 1 aromatic carbocycles. The number of hydrogen-bond donors (Lipinski definition) is 1. The maximum absolute atomic E-state index is 12.5. The van der Waals surface area contributed by atoms with Crippen molar-refractivity contribution in [2.24, 2.45) is 0 Å². The number of nitrogens with two attached hydrogens (primary N) is 1. The minimum atomic E-state index is 0.0220. The summed E-state index contributed by atoms with van der Waals surface area (Å²) in [5, 5.41) is 0. The Kier molecular flexibility index (Phi) is 4.24. The van der Waals surface area contributed by atoms with Gasteiger partial charge in [0.05, 0.1) is 12.2 Å². The van der Waals surface area contributed by atoms with Gasteiger partial charge < -0.3 is 15.4 Å². The molecular formula is C13H17BrN2O2. The van der Waals surface area contributed by atoms with Crippen molar-refractivity contribution in [1.29, 1.82) is 0 Å². The van der Waals surface area contributed by atoms with E-state index in [1.165, 1.54) is 0 Å². The molecule has 0 spiro atoms. The van der Waals surface area contributed by atoms with Crippen LogP contribution in [0.25, 0.3) is 0 Å². The zero-order chi connectivity index (χ0) is 13.1. The predicted molar refractivity (Wildman–Crippen MR) is 74.5 cm³/mol. The van der Waals surface area contributed by atoms with E-state index in [1.54, 1.807) is 19.2 Å². The molecule has 2 rings (SSSR count). The van der Waals surface area contributed by atoms with Gasteiger partial charge in [0.15, 0.2) is 0 Å². The van der Waals surface area contributed by atoms with Gasteiger partial charge in [-0.3, -0.25) is 4.79 Å². The number of rotatable bonds is 5. The molecule has 1 fully saturated rings. The van der Waals surface area contributed by atoms with Gasteiger partial charge in [0.2, 0.25) is 0 Å². The van der Waals surface area contributed by atoms with E-state index < -0.39 is 0 Å². The van der Waals surface area contributed by atoms with E-state index in [-0.39, 0.29) is 5.91 Å². The second-order valence-electron chi connectivity index (χ2n) is 4.46. The molecule has 0 aromatic heterocycles. The van der Waals surface area contributed by atoms with E-state index in [4.69, 9.17) is 10.5 Å². The second kappa shape index (κ2) is 5.71. The summed E-state index contributed by atoms with van der Waals surface area (Å²) in [5.74, 6) is 0.0220. The summed E-state index contributed by atoms with van der Waals surface area (Å²) in [6, 6.07) is 5.66. The van der Waals surface area contributed by atoms with Crippen LogP contribution in [-0.2, 0) is 4.74 Å². The van der Waals surface area contributed by atoms with Crippen molar-refractivity contribution in [3.8, 4) is 0 Å². The van der Waals surface area contributed by atoms with Crippen LogP contribution in [0.15, 0.2) is 22.7 Å². The molecule has 18 heavy (non-hydrogen) atoms. The quantitative estimate of drug-likeness (QED) is 0.849. The molecule has 0 unspecified atom stereocenters. The molecule has 0 heterocycles. The maximum Gasteiger partial charge on any atom is 0.255 e. The molecule has 0 atom stereocenters. The first kappa shape index (κ1) is 13.4. The van der Waals surface area contributed by atoms with E-state index in [0.29, 0.717) is 30.4 Å². The number of methoxy groups -OCH3 is 1. The Morgan fingerprint density at radius 1 is 1.56 bits per heavy atom. The predicted octanol–water partition coefficient (Wildman–Crippen LogP) is 2.28. The van der Waals surface area contributed by atoms with Gasteiger partial charge in [0.1, 0.15) is 0 Å². The summed E-state index contributed by atoms with van der Waals surface area (Å²) in [4.78, 5) is 14.4. The number of ether oxygens (including phenoxy) is 1. The van der Waals surface area contributed by atoms with Crippen LogP contribution in [0.2, 0.25) is 0 Å². The molecule has 1 aliphatic rings. The van der Waals surface area contributed by atoms with Crippen LogP contribution in [0.1, 0.15) is 23.2 Å². The lowest BCUT2D eigenvalue weighted by atomic mass is 10.1. The van der Waals surface area contributed by atoms with E-state index in [2.05, 4.69) is 15.9 Å². The molecule has 0 bridgehead atoms. The number of nitrogens with zero attached hydrogens (tertiary/aromatic N) is 1. The van der Waals surface area contributed by atoms with Crippen molar-refractivity contribution in [2.45, 2.75) is 18.9 Å². The normalized spacial score (nSPS) is 14.6. The summed E-state index contributed by atoms with van der Waals surface area (Å²) in [5.41, 5.74) is 6.97. The number of benzene rings is 1. The SMILES string of the molecule is COCCN(C(=O)c1cc(N)ccc1Br)C1CC1. The van der Waals surface area contributed by atoms with Gasteiger partial charge in [-0.1, -0.05) is 0 Å². The van der Waals surface area contributed by atoms with Crippen molar-refractivity contribution < 1.29 is 9.53 Å². The van der Waals surface area contributed by atoms with Crippen LogP contribution < -0.4 is 5.73 Å². The highest BCUT2D eigenvalue weighted by molar-refractivity contribution is 9.10. The third-order valence-corrected chi connectivity index (χ3v) is 3.70. The minimum absolute atomic E-state index is 0.0220. The van der Waals surface area contributed by atoms with Gasteiger partial charge in [0.25, 0.3) is 5.91 Å². The average molecular weight is 313 g/mol. The minimum Gasteiger partial charge on any atom is -0.399 e. The van der Waals surface area contributed by atoms with Gasteiger partial charge in [-0.15, -0.1) is 0 Å². The lowest BCUT2D eigenvalue weighted by Gasteiger charge is -2.22. The van der Waals surface area contributed by atoms with Gasteiger partial charge in [-0.25, -0.2) is 0 Å². The number of carbonyl (C=O) groups excluding carboxylic acids is 1. The standard InChI is InChI=1S/C13H17BrN2O2/c1-18-7-6-16(10-3-4-10)13(17)11-8-9(15)2-5-12(11)14/h2,5,8,10H,3-4,6-7,15H2,1H3. The number of anilines is 1. The van der Waals surface area contributed by atoms with Crippen molar-refractivity contribution in [3.63, 3.8) is 0 Å². The first-order chi connectivity index (χ1) is 8.63. The number of amides is 1. The molecule has 1 amide bonds. The van der Waals surface area contributed by atoms with Crippen LogP contribution in [0.4, 0.5) is 5.69 Å². The smallest absolute Gasteiger partial charge is 0.255 e. The Balaban J connectivity index is 2.19. The molecule has 98 valence electrons. The van der Waals surface area contributed by atoms with Gasteiger partial charge >= 0.3 is 0 Å². The lowest BCUT2D eigenvalue weighted by molar-refractivity contribution is 0.0679. The van der Waals surface area contributed by atoms with Crippen LogP contribution in [0.3, 0.4) is 0 Å². The molecular weight excluding hydrogens is 296 g/mol. The second-order valence-corrected chi connectivity index (χ2v) is 5.32. The van der Waals surface area contributed by atoms with E-state index in [1.807, 2.05) is 11.0 Å². The van der Waals surface area contributed by atoms with Crippen LogP contribution >= 0.6 is 15.9 Å². The average Bonchev–Trinajstić information content (AvgIpc) is 3.17. The number of nitrogen functional groups attached to an aromatic ring is 1. The summed E-state index contributed by atoms with van der Waals surface area (Å²) >= 11 is 3.40. The van der Waals surface area contributed by atoms with Gasteiger partial charge in [-0.05, 0) is 47.0 Å². The zero-order valence-electron chi connectivity index (χ0n) is 10.4. The molecule has 0 saturated heterocycles. The monoisotopic (exact) mass is 312 g/mol. The van der Waals surface area contributed by atoms with Crippen molar-refractivity contribution in [3.05, 3.63) is 28.2 Å². The summed E-state index contributed by atoms with van der Waals surface area (Å²) < 4.78 is 5.84. The van der Waals surface area contributed by atoms with Crippen molar-refractivity contribution in [1.82, 2.24) is 4.90 Å². The molecule has 4 nitrogen and oxygen atoms in total. The molecule has 1 aliphatic carbocycles. The van der Waals surface area contributed by atoms with Gasteiger partial charge in [-0.2, -0.15) is 0 Å². The number of carbonyl (C=O) groups is 1. The Morgan fingerprint density at radius 2 is 2.28 bits per heavy atom. The van der Waals surface area contributed by atoms with E-state index in [0.717, 1.165) is 17.3 Å². The Morgan fingerprint density at radius 3 is 2.89 bits per heavy atom. The fourth-order valence-corrected chi connectivity index (χ4v) is 2.30. The first-order valence-electron chi connectivity index (χ1n) is 5.98. The highest BCUT2D eigenvalue weighted by Crippen LogP contribution is 2.30. The molecule has 0 aliphatic heterocycles.